The fourth-order valence-corrected chi connectivity index (χ4v) is 4.39. The molecular formula is C22H26N6O3S2. The van der Waals surface area contributed by atoms with Gasteiger partial charge in [0.15, 0.2) is 16.1 Å². The van der Waals surface area contributed by atoms with E-state index in [4.69, 9.17) is 4.74 Å². The van der Waals surface area contributed by atoms with E-state index in [0.29, 0.717) is 35.0 Å². The number of carbonyl (C=O) groups is 2. The number of nitrogens with zero attached hydrogens (tertiary/aromatic N) is 5. The molecular weight excluding hydrogens is 460 g/mol. The van der Waals surface area contributed by atoms with Crippen molar-refractivity contribution >= 4 is 45.8 Å². The quantitative estimate of drug-likeness (QED) is 0.250. The van der Waals surface area contributed by atoms with Crippen LogP contribution in [0.15, 0.2) is 47.5 Å². The van der Waals surface area contributed by atoms with Gasteiger partial charge in [0.1, 0.15) is 0 Å². The van der Waals surface area contributed by atoms with E-state index in [2.05, 4.69) is 27.1 Å². The highest BCUT2D eigenvalue weighted by Gasteiger charge is 2.16. The molecule has 0 unspecified atom stereocenters. The average molecular weight is 487 g/mol. The monoisotopic (exact) mass is 486 g/mol. The van der Waals surface area contributed by atoms with Gasteiger partial charge in [-0.2, -0.15) is 0 Å². The van der Waals surface area contributed by atoms with Crippen LogP contribution in [-0.4, -0.2) is 58.1 Å². The van der Waals surface area contributed by atoms with Crippen LogP contribution in [0.2, 0.25) is 0 Å². The standard InChI is InChI=1S/C22H26N6O3S2/c1-5-10-28-20(15-8-7-9-17(11-15)27(3)4)25-26-22(28)33-14-18(29)24-21-23-16(13-32-21)12-19(30)31-6-2/h5,7-9,11,13H,1,6,10,12,14H2,2-4H3,(H,23,24,29). The van der Waals surface area contributed by atoms with E-state index in [1.54, 1.807) is 18.4 Å². The number of nitrogens with one attached hydrogen (secondary N) is 1. The van der Waals surface area contributed by atoms with Crippen molar-refractivity contribution in [3.63, 3.8) is 0 Å². The number of allylic oxidation sites excluding steroid dienone is 1. The summed E-state index contributed by atoms with van der Waals surface area (Å²) in [5.74, 6) is 0.288. The molecule has 2 heterocycles. The third kappa shape index (κ3) is 6.65. The topological polar surface area (TPSA) is 102 Å². The number of anilines is 2. The normalized spacial score (nSPS) is 10.6. The summed E-state index contributed by atoms with van der Waals surface area (Å²) >= 11 is 2.55. The van der Waals surface area contributed by atoms with E-state index in [0.717, 1.165) is 11.3 Å². The molecule has 0 radical (unpaired) electrons. The van der Waals surface area contributed by atoms with Crippen molar-refractivity contribution in [2.45, 2.75) is 25.0 Å². The van der Waals surface area contributed by atoms with Gasteiger partial charge in [-0.15, -0.1) is 28.1 Å². The van der Waals surface area contributed by atoms with E-state index in [1.165, 1.54) is 23.1 Å². The molecule has 0 saturated carbocycles. The number of benzene rings is 1. The maximum atomic E-state index is 12.4. The summed E-state index contributed by atoms with van der Waals surface area (Å²) in [6.07, 6.45) is 1.85. The van der Waals surface area contributed by atoms with Gasteiger partial charge >= 0.3 is 5.97 Å². The first kappa shape index (κ1) is 24.5. The minimum absolute atomic E-state index is 0.0808. The molecule has 0 bridgehead atoms. The molecule has 33 heavy (non-hydrogen) atoms. The van der Waals surface area contributed by atoms with E-state index in [-0.39, 0.29) is 24.1 Å². The Bertz CT molecular complexity index is 1130. The number of rotatable bonds is 11. The summed E-state index contributed by atoms with van der Waals surface area (Å²) in [6, 6.07) is 8.02. The molecule has 11 heteroatoms. The zero-order valence-electron chi connectivity index (χ0n) is 18.8. The molecule has 0 saturated heterocycles. The van der Waals surface area contributed by atoms with Crippen LogP contribution in [0.25, 0.3) is 11.4 Å². The van der Waals surface area contributed by atoms with Crippen LogP contribution in [-0.2, 0) is 27.3 Å². The first-order chi connectivity index (χ1) is 15.9. The molecule has 0 atom stereocenters. The molecule has 1 amide bonds. The van der Waals surface area contributed by atoms with E-state index < -0.39 is 0 Å². The molecule has 1 aromatic carbocycles. The van der Waals surface area contributed by atoms with E-state index in [1.807, 2.05) is 47.8 Å². The molecule has 0 spiro atoms. The van der Waals surface area contributed by atoms with Crippen molar-refractivity contribution in [2.24, 2.45) is 0 Å². The third-order valence-electron chi connectivity index (χ3n) is 4.41. The van der Waals surface area contributed by atoms with Crippen molar-refractivity contribution in [2.75, 3.05) is 36.7 Å². The smallest absolute Gasteiger partial charge is 0.311 e. The van der Waals surface area contributed by atoms with Crippen molar-refractivity contribution < 1.29 is 14.3 Å². The SMILES string of the molecule is C=CCn1c(SCC(=O)Nc2nc(CC(=O)OCC)cs2)nnc1-c1cccc(N(C)C)c1. The van der Waals surface area contributed by atoms with Crippen LogP contribution >= 0.6 is 23.1 Å². The van der Waals surface area contributed by atoms with Crippen molar-refractivity contribution in [3.8, 4) is 11.4 Å². The number of thioether (sulfide) groups is 1. The van der Waals surface area contributed by atoms with Crippen LogP contribution in [0.5, 0.6) is 0 Å². The van der Waals surface area contributed by atoms with Gasteiger partial charge in [-0.05, 0) is 19.1 Å². The summed E-state index contributed by atoms with van der Waals surface area (Å²) < 4.78 is 6.85. The summed E-state index contributed by atoms with van der Waals surface area (Å²) in [4.78, 5) is 30.3. The molecule has 0 aliphatic heterocycles. The van der Waals surface area contributed by atoms with Crippen molar-refractivity contribution in [1.82, 2.24) is 19.7 Å². The van der Waals surface area contributed by atoms with Gasteiger partial charge in [0, 0.05) is 37.3 Å². The third-order valence-corrected chi connectivity index (χ3v) is 6.18. The van der Waals surface area contributed by atoms with Crippen LogP contribution < -0.4 is 10.2 Å². The Morgan fingerprint density at radius 1 is 1.33 bits per heavy atom. The molecule has 2 aromatic heterocycles. The lowest BCUT2D eigenvalue weighted by Gasteiger charge is -2.14. The van der Waals surface area contributed by atoms with Gasteiger partial charge in [0.25, 0.3) is 0 Å². The summed E-state index contributed by atoms with van der Waals surface area (Å²) in [7, 11) is 3.96. The van der Waals surface area contributed by atoms with Gasteiger partial charge in [0.2, 0.25) is 5.91 Å². The Hall–Kier alpha value is -3.18. The van der Waals surface area contributed by atoms with Crippen LogP contribution in [0.3, 0.4) is 0 Å². The van der Waals surface area contributed by atoms with Crippen LogP contribution in [0, 0.1) is 0 Å². The number of aromatic nitrogens is 4. The molecule has 3 aromatic rings. The first-order valence-corrected chi connectivity index (χ1v) is 12.1. The van der Waals surface area contributed by atoms with Gasteiger partial charge in [-0.3, -0.25) is 14.2 Å². The van der Waals surface area contributed by atoms with Gasteiger partial charge in [-0.1, -0.05) is 30.0 Å². The van der Waals surface area contributed by atoms with Crippen molar-refractivity contribution in [1.29, 1.82) is 0 Å². The second-order valence-corrected chi connectivity index (χ2v) is 8.91. The number of amides is 1. The fraction of sp³-hybridized carbons (Fsp3) is 0.318. The second kappa shape index (κ2) is 11.6. The molecule has 0 aliphatic carbocycles. The summed E-state index contributed by atoms with van der Waals surface area (Å²) in [6.45, 7) is 6.42. The molecule has 9 nitrogen and oxygen atoms in total. The lowest BCUT2D eigenvalue weighted by Crippen LogP contribution is -2.15. The largest absolute Gasteiger partial charge is 0.466 e. The number of hydrogen-bond acceptors (Lipinski definition) is 9. The van der Waals surface area contributed by atoms with Gasteiger partial charge in [-0.25, -0.2) is 4.98 Å². The van der Waals surface area contributed by atoms with E-state index in [9.17, 15) is 9.59 Å². The Balaban J connectivity index is 1.65. The van der Waals surface area contributed by atoms with Gasteiger partial charge < -0.3 is 15.0 Å². The van der Waals surface area contributed by atoms with Gasteiger partial charge in [0.05, 0.1) is 24.5 Å². The highest BCUT2D eigenvalue weighted by molar-refractivity contribution is 7.99. The first-order valence-electron chi connectivity index (χ1n) is 10.3. The lowest BCUT2D eigenvalue weighted by molar-refractivity contribution is -0.142. The summed E-state index contributed by atoms with van der Waals surface area (Å²) in [5, 5.41) is 14.2. The number of ether oxygens (including phenoxy) is 1. The maximum absolute atomic E-state index is 12.4. The number of hydrogen-bond donors (Lipinski definition) is 1. The predicted molar refractivity (Wildman–Crippen MR) is 132 cm³/mol. The average Bonchev–Trinajstić information content (AvgIpc) is 3.39. The summed E-state index contributed by atoms with van der Waals surface area (Å²) in [5.41, 5.74) is 2.56. The predicted octanol–water partition coefficient (Wildman–Crippen LogP) is 3.49. The molecule has 0 fully saturated rings. The molecule has 174 valence electrons. The number of carbonyl (C=O) groups excluding carboxylic acids is 2. The Kier molecular flexibility index (Phi) is 8.61. The zero-order chi connectivity index (χ0) is 23.8. The molecule has 0 aliphatic rings. The number of thiazole rings is 1. The fourth-order valence-electron chi connectivity index (χ4n) is 2.92. The van der Waals surface area contributed by atoms with Crippen LogP contribution in [0.4, 0.5) is 10.8 Å². The molecule has 1 N–H and O–H groups in total. The Morgan fingerprint density at radius 2 is 2.15 bits per heavy atom. The Labute approximate surface area is 200 Å². The lowest BCUT2D eigenvalue weighted by atomic mass is 10.2. The zero-order valence-corrected chi connectivity index (χ0v) is 20.4. The van der Waals surface area contributed by atoms with Crippen molar-refractivity contribution in [3.05, 3.63) is 48.0 Å². The Morgan fingerprint density at radius 3 is 2.88 bits per heavy atom. The van der Waals surface area contributed by atoms with E-state index >= 15 is 0 Å². The minimum atomic E-state index is -0.343. The second-order valence-electron chi connectivity index (χ2n) is 7.11. The van der Waals surface area contributed by atoms with Crippen LogP contribution in [0.1, 0.15) is 12.6 Å². The highest BCUT2D eigenvalue weighted by Crippen LogP contribution is 2.27. The maximum Gasteiger partial charge on any atom is 0.311 e. The number of esters is 1. The highest BCUT2D eigenvalue weighted by atomic mass is 32.2. The molecule has 3 rings (SSSR count). The minimum Gasteiger partial charge on any atom is -0.466 e.